The molecule has 5 nitrogen and oxygen atoms in total. The summed E-state index contributed by atoms with van der Waals surface area (Å²) < 4.78 is 13.0. The zero-order valence-electron chi connectivity index (χ0n) is 13.3. The number of amides is 1. The Balaban J connectivity index is 1.98. The van der Waals surface area contributed by atoms with Gasteiger partial charge in [-0.25, -0.2) is 9.18 Å². The molecule has 1 aliphatic rings. The highest BCUT2D eigenvalue weighted by Gasteiger charge is 2.32. The Labute approximate surface area is 135 Å². The van der Waals surface area contributed by atoms with Gasteiger partial charge in [0.2, 0.25) is 5.91 Å². The molecule has 2 N–H and O–H groups in total. The molecule has 23 heavy (non-hydrogen) atoms. The lowest BCUT2D eigenvalue weighted by atomic mass is 10.1. The molecule has 2 atom stereocenters. The molecule has 1 aromatic rings. The van der Waals surface area contributed by atoms with Crippen LogP contribution in [0.2, 0.25) is 0 Å². The number of carboxylic acid groups (broad SMARTS) is 1. The molecule has 126 valence electrons. The van der Waals surface area contributed by atoms with Gasteiger partial charge in [-0.05, 0) is 43.5 Å². The maximum Gasteiger partial charge on any atom is 0.326 e. The third-order valence-corrected chi connectivity index (χ3v) is 4.16. The van der Waals surface area contributed by atoms with Crippen LogP contribution in [-0.2, 0) is 16.1 Å². The van der Waals surface area contributed by atoms with Crippen LogP contribution in [0, 0.1) is 5.82 Å². The van der Waals surface area contributed by atoms with E-state index in [1.165, 1.54) is 12.1 Å². The maximum atomic E-state index is 13.0. The second kappa shape index (κ2) is 8.06. The molecule has 2 unspecified atom stereocenters. The summed E-state index contributed by atoms with van der Waals surface area (Å²) in [5, 5.41) is 11.8. The molecular weight excluding hydrogens is 299 g/mol. The Hall–Kier alpha value is -1.95. The number of hydrogen-bond acceptors (Lipinski definition) is 3. The minimum absolute atomic E-state index is 0.231. The van der Waals surface area contributed by atoms with Crippen molar-refractivity contribution in [3.63, 3.8) is 0 Å². The average molecular weight is 322 g/mol. The van der Waals surface area contributed by atoms with Crippen molar-refractivity contribution in [3.8, 4) is 0 Å². The predicted molar refractivity (Wildman–Crippen MR) is 84.3 cm³/mol. The van der Waals surface area contributed by atoms with E-state index in [-0.39, 0.29) is 17.8 Å². The average Bonchev–Trinajstić information content (AvgIpc) is 2.97. The zero-order chi connectivity index (χ0) is 16.8. The van der Waals surface area contributed by atoms with Crippen molar-refractivity contribution in [3.05, 3.63) is 35.6 Å². The number of hydrogen-bond donors (Lipinski definition) is 2. The molecular formula is C17H23FN2O3. The lowest BCUT2D eigenvalue weighted by molar-refractivity contribution is -0.142. The van der Waals surface area contributed by atoms with Crippen molar-refractivity contribution >= 4 is 11.9 Å². The van der Waals surface area contributed by atoms with Crippen LogP contribution in [0.5, 0.6) is 0 Å². The van der Waals surface area contributed by atoms with Gasteiger partial charge in [-0.1, -0.05) is 25.5 Å². The standard InChI is InChI=1S/C17H23FN2O3/c1-2-4-14(17(22)23)19-16(21)15-5-3-10-20(15)11-12-6-8-13(18)9-7-12/h6-9,14-15H,2-5,10-11H2,1H3,(H,19,21)(H,22,23). The van der Waals surface area contributed by atoms with Crippen molar-refractivity contribution < 1.29 is 19.1 Å². The second-order valence-corrected chi connectivity index (χ2v) is 5.94. The molecule has 1 saturated heterocycles. The highest BCUT2D eigenvalue weighted by molar-refractivity contribution is 5.87. The molecule has 1 aromatic carbocycles. The monoisotopic (exact) mass is 322 g/mol. The number of halogens is 1. The predicted octanol–water partition coefficient (Wildman–Crippen LogP) is 2.16. The summed E-state index contributed by atoms with van der Waals surface area (Å²) in [6.07, 6.45) is 2.73. The zero-order valence-corrected chi connectivity index (χ0v) is 13.3. The van der Waals surface area contributed by atoms with E-state index in [2.05, 4.69) is 5.32 Å². The molecule has 0 spiro atoms. The molecule has 0 radical (unpaired) electrons. The Morgan fingerprint density at radius 3 is 2.70 bits per heavy atom. The molecule has 1 amide bonds. The molecule has 1 aliphatic heterocycles. The second-order valence-electron chi connectivity index (χ2n) is 5.94. The van der Waals surface area contributed by atoms with E-state index in [1.807, 2.05) is 11.8 Å². The van der Waals surface area contributed by atoms with Gasteiger partial charge >= 0.3 is 5.97 Å². The van der Waals surface area contributed by atoms with Crippen LogP contribution in [0.25, 0.3) is 0 Å². The van der Waals surface area contributed by atoms with Gasteiger partial charge in [-0.2, -0.15) is 0 Å². The fourth-order valence-corrected chi connectivity index (χ4v) is 2.95. The Morgan fingerprint density at radius 1 is 1.39 bits per heavy atom. The summed E-state index contributed by atoms with van der Waals surface area (Å²) >= 11 is 0. The first-order valence-electron chi connectivity index (χ1n) is 8.03. The number of nitrogens with zero attached hydrogens (tertiary/aromatic N) is 1. The third kappa shape index (κ3) is 4.76. The number of carbonyl (C=O) groups excluding carboxylic acids is 1. The Bertz CT molecular complexity index is 547. The fraction of sp³-hybridized carbons (Fsp3) is 0.529. The molecule has 1 heterocycles. The first-order chi connectivity index (χ1) is 11.0. The van der Waals surface area contributed by atoms with Gasteiger partial charge < -0.3 is 10.4 Å². The topological polar surface area (TPSA) is 69.6 Å². The Kier molecular flexibility index (Phi) is 6.10. The largest absolute Gasteiger partial charge is 0.480 e. The Morgan fingerprint density at radius 2 is 2.09 bits per heavy atom. The van der Waals surface area contributed by atoms with Crippen LogP contribution in [0.3, 0.4) is 0 Å². The number of aliphatic carboxylic acids is 1. The highest BCUT2D eigenvalue weighted by Crippen LogP contribution is 2.20. The lowest BCUT2D eigenvalue weighted by Crippen LogP contribution is -2.49. The van der Waals surface area contributed by atoms with E-state index in [9.17, 15) is 14.0 Å². The number of rotatable bonds is 7. The fourth-order valence-electron chi connectivity index (χ4n) is 2.95. The van der Waals surface area contributed by atoms with Crippen molar-refractivity contribution in [2.24, 2.45) is 0 Å². The summed E-state index contributed by atoms with van der Waals surface area (Å²) in [6, 6.07) is 5.07. The number of likely N-dealkylation sites (tertiary alicyclic amines) is 1. The summed E-state index contributed by atoms with van der Waals surface area (Å²) in [6.45, 7) is 3.23. The maximum absolute atomic E-state index is 13.0. The molecule has 1 fully saturated rings. The van der Waals surface area contributed by atoms with E-state index >= 15 is 0 Å². The number of carboxylic acids is 1. The van der Waals surface area contributed by atoms with Gasteiger partial charge in [0.1, 0.15) is 11.9 Å². The van der Waals surface area contributed by atoms with Crippen molar-refractivity contribution in [1.82, 2.24) is 10.2 Å². The van der Waals surface area contributed by atoms with Gasteiger partial charge in [0.25, 0.3) is 0 Å². The van der Waals surface area contributed by atoms with Crippen molar-refractivity contribution in [1.29, 1.82) is 0 Å². The number of nitrogens with one attached hydrogen (secondary N) is 1. The third-order valence-electron chi connectivity index (χ3n) is 4.16. The number of benzene rings is 1. The summed E-state index contributed by atoms with van der Waals surface area (Å²) in [5.74, 6) is -1.51. The first-order valence-corrected chi connectivity index (χ1v) is 8.03. The minimum atomic E-state index is -0.997. The summed E-state index contributed by atoms with van der Waals surface area (Å²) in [7, 11) is 0. The van der Waals surface area contributed by atoms with Crippen LogP contribution >= 0.6 is 0 Å². The van der Waals surface area contributed by atoms with Crippen molar-refractivity contribution in [2.45, 2.75) is 51.2 Å². The van der Waals surface area contributed by atoms with Crippen LogP contribution in [-0.4, -0.2) is 40.5 Å². The van der Waals surface area contributed by atoms with Crippen LogP contribution in [0.15, 0.2) is 24.3 Å². The lowest BCUT2D eigenvalue weighted by Gasteiger charge is -2.25. The van der Waals surface area contributed by atoms with Crippen molar-refractivity contribution in [2.75, 3.05) is 6.54 Å². The molecule has 0 saturated carbocycles. The van der Waals surface area contributed by atoms with E-state index < -0.39 is 12.0 Å². The van der Waals surface area contributed by atoms with Gasteiger partial charge in [-0.3, -0.25) is 9.69 Å². The molecule has 0 bridgehead atoms. The summed E-state index contributed by atoms with van der Waals surface area (Å²) in [4.78, 5) is 25.6. The van der Waals surface area contributed by atoms with E-state index in [1.54, 1.807) is 12.1 Å². The molecule has 0 aliphatic carbocycles. The molecule has 6 heteroatoms. The smallest absolute Gasteiger partial charge is 0.326 e. The normalized spacial score (nSPS) is 19.5. The molecule has 2 rings (SSSR count). The van der Waals surface area contributed by atoms with Gasteiger partial charge in [0.05, 0.1) is 6.04 Å². The van der Waals surface area contributed by atoms with Gasteiger partial charge in [0, 0.05) is 6.54 Å². The van der Waals surface area contributed by atoms with Gasteiger partial charge in [-0.15, -0.1) is 0 Å². The minimum Gasteiger partial charge on any atom is -0.480 e. The van der Waals surface area contributed by atoms with Gasteiger partial charge in [0.15, 0.2) is 0 Å². The van der Waals surface area contributed by atoms with Crippen LogP contribution < -0.4 is 5.32 Å². The quantitative estimate of drug-likeness (QED) is 0.807. The van der Waals surface area contributed by atoms with E-state index in [4.69, 9.17) is 5.11 Å². The van der Waals surface area contributed by atoms with E-state index in [0.29, 0.717) is 25.8 Å². The molecule has 0 aromatic heterocycles. The first kappa shape index (κ1) is 17.4. The highest BCUT2D eigenvalue weighted by atomic mass is 19.1. The summed E-state index contributed by atoms with van der Waals surface area (Å²) in [5.41, 5.74) is 0.939. The van der Waals surface area contributed by atoms with E-state index in [0.717, 1.165) is 18.5 Å². The number of carbonyl (C=O) groups is 2. The van der Waals surface area contributed by atoms with Crippen LogP contribution in [0.1, 0.15) is 38.2 Å². The van der Waals surface area contributed by atoms with Crippen LogP contribution in [0.4, 0.5) is 4.39 Å². The SMILES string of the molecule is CCCC(NC(=O)C1CCCN1Cc1ccc(F)cc1)C(=O)O.